The predicted octanol–water partition coefficient (Wildman–Crippen LogP) is 4.10. The van der Waals surface area contributed by atoms with E-state index >= 15 is 0 Å². The molecule has 174 valence electrons. The number of rotatable bonds is 5. The Morgan fingerprint density at radius 3 is 2.79 bits per heavy atom. The van der Waals surface area contributed by atoms with Crippen LogP contribution in [0.15, 0.2) is 24.3 Å². The first-order valence-corrected chi connectivity index (χ1v) is 12.3. The number of amides is 4. The van der Waals surface area contributed by atoms with Crippen LogP contribution in [0.2, 0.25) is 0 Å². The fraction of sp³-hybridized carbons (Fsp3) is 0.538. The molecule has 2 aromatic rings. The summed E-state index contributed by atoms with van der Waals surface area (Å²) >= 11 is 0. The molecule has 2 atom stereocenters. The summed E-state index contributed by atoms with van der Waals surface area (Å²) in [4.78, 5) is 48.6. The van der Waals surface area contributed by atoms with E-state index in [0.29, 0.717) is 6.54 Å². The molecule has 0 aliphatic carbocycles. The van der Waals surface area contributed by atoms with E-state index in [2.05, 4.69) is 35.3 Å². The maximum absolute atomic E-state index is 14.0. The minimum Gasteiger partial charge on any atom is -0.352 e. The fourth-order valence-electron chi connectivity index (χ4n) is 5.88. The number of hydrogen-bond donors (Lipinski definition) is 1. The number of nitrogens with one attached hydrogen (secondary N) is 1. The number of anilines is 1. The van der Waals surface area contributed by atoms with Gasteiger partial charge in [0, 0.05) is 24.9 Å². The minimum atomic E-state index is -1.29. The molecule has 3 aliphatic heterocycles. The number of imide groups is 2. The Balaban J connectivity index is 1.58. The lowest BCUT2D eigenvalue weighted by molar-refractivity contribution is -0.154. The number of unbranched alkanes of at least 4 members (excludes halogenated alkanes) is 3. The fourth-order valence-corrected chi connectivity index (χ4v) is 5.88. The molecule has 2 saturated heterocycles. The quantitative estimate of drug-likeness (QED) is 0.550. The monoisotopic (exact) mass is 448 g/mol. The number of pyridine rings is 1. The molecule has 4 amide bonds. The lowest BCUT2D eigenvalue weighted by Crippen LogP contribution is -2.72. The Labute approximate surface area is 194 Å². The van der Waals surface area contributed by atoms with Crippen molar-refractivity contribution in [1.29, 1.82) is 0 Å². The summed E-state index contributed by atoms with van der Waals surface area (Å²) in [5.74, 6) is 0.0995. The molecule has 0 unspecified atom stereocenters. The maximum atomic E-state index is 14.0. The zero-order chi connectivity index (χ0) is 23.2. The van der Waals surface area contributed by atoms with E-state index in [1.165, 1.54) is 4.90 Å². The molecule has 7 nitrogen and oxygen atoms in total. The van der Waals surface area contributed by atoms with E-state index < -0.39 is 17.4 Å². The van der Waals surface area contributed by atoms with Crippen molar-refractivity contribution in [1.82, 2.24) is 15.2 Å². The molecule has 7 heteroatoms. The van der Waals surface area contributed by atoms with Crippen LogP contribution in [0.1, 0.15) is 63.0 Å². The standard InChI is InChI=1S/C26H32N4O3/c1-3-4-5-7-13-30-24(32)26(23(31)28-25(30)33)16-19-15-18-14-17(2)10-11-20(18)27-22(19)29-12-8-6-9-21(26)29/h10-11,14-15,21H,3-9,12-13,16H2,1-2H3,(H,28,31,33)/t21-,26+/m0/s1. The molecule has 0 saturated carbocycles. The van der Waals surface area contributed by atoms with Gasteiger partial charge in [0.1, 0.15) is 5.82 Å². The summed E-state index contributed by atoms with van der Waals surface area (Å²) in [5.41, 5.74) is 1.69. The number of piperidine rings is 1. The number of aromatic nitrogens is 1. The van der Waals surface area contributed by atoms with Gasteiger partial charge in [-0.1, -0.05) is 37.8 Å². The lowest BCUT2D eigenvalue weighted by atomic mass is 9.66. The second-order valence-corrected chi connectivity index (χ2v) is 9.80. The molecule has 0 bridgehead atoms. The van der Waals surface area contributed by atoms with Gasteiger partial charge in [-0.15, -0.1) is 0 Å². The molecule has 1 aromatic carbocycles. The number of carbonyl (C=O) groups excluding carboxylic acids is 3. The van der Waals surface area contributed by atoms with Crippen molar-refractivity contribution >= 4 is 34.6 Å². The molecule has 5 rings (SSSR count). The minimum absolute atomic E-state index is 0.282. The number of benzene rings is 1. The SMILES string of the molecule is CCCCCCN1C(=O)NC(=O)[C@]2(Cc3cc4cc(C)ccc4nc3N3CCCC[C@H]32)C1=O. The molecular formula is C26H32N4O3. The van der Waals surface area contributed by atoms with E-state index in [1.54, 1.807) is 0 Å². The smallest absolute Gasteiger partial charge is 0.330 e. The second kappa shape index (κ2) is 8.43. The highest BCUT2D eigenvalue weighted by Gasteiger charge is 2.62. The first kappa shape index (κ1) is 21.9. The Bertz CT molecular complexity index is 1130. The third-order valence-electron chi connectivity index (χ3n) is 7.57. The average Bonchev–Trinajstić information content (AvgIpc) is 2.81. The van der Waals surface area contributed by atoms with E-state index in [1.807, 2.05) is 13.0 Å². The van der Waals surface area contributed by atoms with Crippen molar-refractivity contribution in [2.45, 2.75) is 71.3 Å². The van der Waals surface area contributed by atoms with Crippen molar-refractivity contribution in [3.8, 4) is 0 Å². The molecule has 0 radical (unpaired) electrons. The largest absolute Gasteiger partial charge is 0.352 e. The Kier molecular flexibility index (Phi) is 5.59. The Morgan fingerprint density at radius 2 is 1.97 bits per heavy atom. The van der Waals surface area contributed by atoms with Gasteiger partial charge in [-0.3, -0.25) is 19.8 Å². The van der Waals surface area contributed by atoms with Gasteiger partial charge >= 0.3 is 6.03 Å². The Hall–Kier alpha value is -2.96. The van der Waals surface area contributed by atoms with E-state index in [4.69, 9.17) is 4.98 Å². The van der Waals surface area contributed by atoms with Gasteiger partial charge in [-0.05, 0) is 56.4 Å². The summed E-state index contributed by atoms with van der Waals surface area (Å²) in [6.07, 6.45) is 6.83. The van der Waals surface area contributed by atoms with Crippen LogP contribution in [0.25, 0.3) is 10.9 Å². The highest BCUT2D eigenvalue weighted by Crippen LogP contribution is 2.47. The van der Waals surface area contributed by atoms with Crippen molar-refractivity contribution in [2.24, 2.45) is 5.41 Å². The van der Waals surface area contributed by atoms with Gasteiger partial charge in [0.25, 0.3) is 0 Å². The summed E-state index contributed by atoms with van der Waals surface area (Å²) in [6, 6.07) is 7.40. The third kappa shape index (κ3) is 3.49. The van der Waals surface area contributed by atoms with Crippen molar-refractivity contribution < 1.29 is 14.4 Å². The highest BCUT2D eigenvalue weighted by molar-refractivity contribution is 6.20. The molecule has 4 heterocycles. The number of barbiturate groups is 1. The topological polar surface area (TPSA) is 82.6 Å². The van der Waals surface area contributed by atoms with E-state index in [0.717, 1.165) is 79.3 Å². The van der Waals surface area contributed by atoms with Crippen LogP contribution >= 0.6 is 0 Å². The van der Waals surface area contributed by atoms with Crippen LogP contribution in [0.4, 0.5) is 10.6 Å². The first-order valence-electron chi connectivity index (χ1n) is 12.3. The van der Waals surface area contributed by atoms with Crippen LogP contribution in [0, 0.1) is 12.3 Å². The molecule has 1 aromatic heterocycles. The van der Waals surface area contributed by atoms with Gasteiger partial charge in [0.15, 0.2) is 5.41 Å². The summed E-state index contributed by atoms with van der Waals surface area (Å²) in [6.45, 7) is 5.28. The molecule has 2 fully saturated rings. The number of fused-ring (bicyclic) bond motifs is 5. The van der Waals surface area contributed by atoms with Crippen molar-refractivity contribution in [2.75, 3.05) is 18.0 Å². The van der Waals surface area contributed by atoms with Gasteiger partial charge in [-0.25, -0.2) is 9.78 Å². The summed E-state index contributed by atoms with van der Waals surface area (Å²) in [7, 11) is 0. The third-order valence-corrected chi connectivity index (χ3v) is 7.57. The number of hydrogen-bond acceptors (Lipinski definition) is 5. The molecular weight excluding hydrogens is 416 g/mol. The normalized spacial score (nSPS) is 24.8. The van der Waals surface area contributed by atoms with Gasteiger partial charge in [0.05, 0.1) is 11.6 Å². The van der Waals surface area contributed by atoms with Gasteiger partial charge in [0.2, 0.25) is 11.8 Å². The van der Waals surface area contributed by atoms with Gasteiger partial charge < -0.3 is 4.90 Å². The van der Waals surface area contributed by atoms with Crippen LogP contribution in [-0.2, 0) is 16.0 Å². The Morgan fingerprint density at radius 1 is 1.12 bits per heavy atom. The van der Waals surface area contributed by atoms with Crippen LogP contribution in [0.5, 0.6) is 0 Å². The molecule has 1 N–H and O–H groups in total. The van der Waals surface area contributed by atoms with Gasteiger partial charge in [-0.2, -0.15) is 0 Å². The number of urea groups is 1. The summed E-state index contributed by atoms with van der Waals surface area (Å²) < 4.78 is 0. The lowest BCUT2D eigenvalue weighted by Gasteiger charge is -2.53. The van der Waals surface area contributed by atoms with Crippen LogP contribution in [-0.4, -0.2) is 46.9 Å². The zero-order valence-electron chi connectivity index (χ0n) is 19.5. The number of aryl methyl sites for hydroxylation is 1. The molecule has 3 aliphatic rings. The highest BCUT2D eigenvalue weighted by atomic mass is 16.2. The van der Waals surface area contributed by atoms with E-state index in [9.17, 15) is 14.4 Å². The van der Waals surface area contributed by atoms with E-state index in [-0.39, 0.29) is 18.4 Å². The zero-order valence-corrected chi connectivity index (χ0v) is 19.5. The average molecular weight is 449 g/mol. The summed E-state index contributed by atoms with van der Waals surface area (Å²) in [5, 5.41) is 3.56. The number of carbonyl (C=O) groups is 3. The number of nitrogens with zero attached hydrogens (tertiary/aromatic N) is 3. The first-order chi connectivity index (χ1) is 16.0. The molecule has 33 heavy (non-hydrogen) atoms. The van der Waals surface area contributed by atoms with Crippen LogP contribution in [0.3, 0.4) is 0 Å². The van der Waals surface area contributed by atoms with Crippen LogP contribution < -0.4 is 10.2 Å². The van der Waals surface area contributed by atoms with Crippen molar-refractivity contribution in [3.63, 3.8) is 0 Å². The maximum Gasteiger partial charge on any atom is 0.330 e. The predicted molar refractivity (Wildman–Crippen MR) is 127 cm³/mol. The second-order valence-electron chi connectivity index (χ2n) is 9.80. The molecule has 1 spiro atoms. The van der Waals surface area contributed by atoms with Crippen molar-refractivity contribution in [3.05, 3.63) is 35.4 Å².